The molecule has 1 aliphatic rings. The molecule has 1 fully saturated rings. The van der Waals surface area contributed by atoms with Crippen LogP contribution in [-0.2, 0) is 17.5 Å². The van der Waals surface area contributed by atoms with Crippen molar-refractivity contribution in [3.63, 3.8) is 0 Å². The molecule has 18 heavy (non-hydrogen) atoms. The predicted octanol–water partition coefficient (Wildman–Crippen LogP) is 3.12. The van der Waals surface area contributed by atoms with Gasteiger partial charge in [-0.2, -0.15) is 13.2 Å². The predicted molar refractivity (Wildman–Crippen MR) is 60.6 cm³/mol. The molecule has 0 heterocycles. The van der Waals surface area contributed by atoms with Gasteiger partial charge in [-0.3, -0.25) is 4.79 Å². The minimum absolute atomic E-state index is 0.0793. The lowest BCUT2D eigenvalue weighted by Gasteiger charge is -2.14. The van der Waals surface area contributed by atoms with Crippen LogP contribution in [0.25, 0.3) is 0 Å². The van der Waals surface area contributed by atoms with Crippen molar-refractivity contribution >= 4 is 5.91 Å². The van der Waals surface area contributed by atoms with Crippen LogP contribution in [0, 0.1) is 5.41 Å². The summed E-state index contributed by atoms with van der Waals surface area (Å²) in [5.74, 6) is -0.167. The molecule has 0 aromatic heterocycles. The highest BCUT2D eigenvalue weighted by atomic mass is 19.4. The number of halogens is 3. The highest BCUT2D eigenvalue weighted by Gasteiger charge is 2.44. The van der Waals surface area contributed by atoms with Gasteiger partial charge >= 0.3 is 6.18 Å². The molecule has 1 aliphatic carbocycles. The summed E-state index contributed by atoms with van der Waals surface area (Å²) >= 11 is 0. The number of rotatable bonds is 3. The van der Waals surface area contributed by atoms with Crippen LogP contribution in [0.15, 0.2) is 24.3 Å². The monoisotopic (exact) mass is 257 g/mol. The molecule has 1 aromatic carbocycles. The van der Waals surface area contributed by atoms with Gasteiger partial charge in [0.05, 0.1) is 5.56 Å². The molecule has 2 nitrogen and oxygen atoms in total. The highest BCUT2D eigenvalue weighted by molar-refractivity contribution is 5.84. The molecule has 2 rings (SSSR count). The minimum atomic E-state index is -4.38. The first-order valence-electron chi connectivity index (χ1n) is 5.76. The molecule has 0 saturated heterocycles. The van der Waals surface area contributed by atoms with Gasteiger partial charge in [0, 0.05) is 12.0 Å². The second-order valence-corrected chi connectivity index (χ2v) is 4.90. The normalized spacial score (nSPS) is 17.3. The summed E-state index contributed by atoms with van der Waals surface area (Å²) in [7, 11) is 0. The number of hydrogen-bond acceptors (Lipinski definition) is 1. The lowest BCUT2D eigenvalue weighted by molar-refractivity contribution is -0.138. The lowest BCUT2D eigenvalue weighted by atomic mass is 10.1. The molecule has 1 saturated carbocycles. The van der Waals surface area contributed by atoms with Crippen LogP contribution >= 0.6 is 0 Å². The summed E-state index contributed by atoms with van der Waals surface area (Å²) in [4.78, 5) is 11.7. The zero-order chi connectivity index (χ0) is 13.4. The lowest BCUT2D eigenvalue weighted by Crippen LogP contribution is -2.30. The van der Waals surface area contributed by atoms with E-state index in [0.717, 1.165) is 18.9 Å². The maximum absolute atomic E-state index is 12.7. The van der Waals surface area contributed by atoms with Crippen LogP contribution in [0.5, 0.6) is 0 Å². The standard InChI is InChI=1S/C13H14F3NO/c1-12(6-7-12)11(18)17-8-9-4-2-3-5-10(9)13(14,15)16/h2-5H,6-8H2,1H3,(H,17,18). The molecule has 0 spiro atoms. The summed E-state index contributed by atoms with van der Waals surface area (Å²) in [5.41, 5.74) is -0.957. The van der Waals surface area contributed by atoms with Crippen LogP contribution in [0.3, 0.4) is 0 Å². The maximum atomic E-state index is 12.7. The van der Waals surface area contributed by atoms with E-state index in [4.69, 9.17) is 0 Å². The van der Waals surface area contributed by atoms with E-state index in [1.165, 1.54) is 18.2 Å². The summed E-state index contributed by atoms with van der Waals surface area (Å²) < 4.78 is 38.1. The van der Waals surface area contributed by atoms with Gasteiger partial charge in [-0.05, 0) is 24.5 Å². The second-order valence-electron chi connectivity index (χ2n) is 4.90. The van der Waals surface area contributed by atoms with E-state index in [-0.39, 0.29) is 23.4 Å². The summed E-state index contributed by atoms with van der Waals surface area (Å²) in [6, 6.07) is 5.30. The number of alkyl halides is 3. The van der Waals surface area contributed by atoms with Crippen molar-refractivity contribution in [2.24, 2.45) is 5.41 Å². The van der Waals surface area contributed by atoms with Crippen molar-refractivity contribution in [1.82, 2.24) is 5.32 Å². The number of carbonyl (C=O) groups is 1. The molecule has 5 heteroatoms. The molecule has 0 aliphatic heterocycles. The van der Waals surface area contributed by atoms with Crippen molar-refractivity contribution in [2.75, 3.05) is 0 Å². The topological polar surface area (TPSA) is 29.1 Å². The van der Waals surface area contributed by atoms with E-state index in [1.807, 2.05) is 6.92 Å². The molecule has 0 atom stereocenters. The van der Waals surface area contributed by atoms with Gasteiger partial charge in [0.25, 0.3) is 0 Å². The van der Waals surface area contributed by atoms with E-state index < -0.39 is 11.7 Å². The van der Waals surface area contributed by atoms with Crippen LogP contribution in [-0.4, -0.2) is 5.91 Å². The molecule has 0 radical (unpaired) electrons. The zero-order valence-corrected chi connectivity index (χ0v) is 9.97. The molecule has 0 bridgehead atoms. The van der Waals surface area contributed by atoms with Crippen molar-refractivity contribution in [1.29, 1.82) is 0 Å². The SMILES string of the molecule is CC1(C(=O)NCc2ccccc2C(F)(F)F)CC1. The Labute approximate surface area is 103 Å². The van der Waals surface area contributed by atoms with Gasteiger partial charge in [-0.25, -0.2) is 0 Å². The third-order valence-electron chi connectivity index (χ3n) is 3.31. The molecular weight excluding hydrogens is 243 g/mol. The average Bonchev–Trinajstić information content (AvgIpc) is 3.05. The smallest absolute Gasteiger partial charge is 0.352 e. The van der Waals surface area contributed by atoms with Crippen molar-refractivity contribution in [3.8, 4) is 0 Å². The van der Waals surface area contributed by atoms with E-state index in [9.17, 15) is 18.0 Å². The van der Waals surface area contributed by atoms with Gasteiger partial charge in [-0.1, -0.05) is 25.1 Å². The van der Waals surface area contributed by atoms with Crippen LogP contribution in [0.2, 0.25) is 0 Å². The van der Waals surface area contributed by atoms with Crippen molar-refractivity contribution < 1.29 is 18.0 Å². The first-order chi connectivity index (χ1) is 8.33. The minimum Gasteiger partial charge on any atom is -0.352 e. The van der Waals surface area contributed by atoms with Gasteiger partial charge in [0.15, 0.2) is 0 Å². The van der Waals surface area contributed by atoms with Crippen LogP contribution in [0.1, 0.15) is 30.9 Å². The summed E-state index contributed by atoms with van der Waals surface area (Å²) in [5, 5.41) is 2.57. The number of amides is 1. The second kappa shape index (κ2) is 4.30. The van der Waals surface area contributed by atoms with Crippen molar-refractivity contribution in [2.45, 2.75) is 32.5 Å². The van der Waals surface area contributed by atoms with Gasteiger partial charge in [0.2, 0.25) is 5.91 Å². The average molecular weight is 257 g/mol. The molecule has 98 valence electrons. The number of nitrogens with one attached hydrogen (secondary N) is 1. The molecule has 1 N–H and O–H groups in total. The quantitative estimate of drug-likeness (QED) is 0.885. The van der Waals surface area contributed by atoms with E-state index in [1.54, 1.807) is 0 Å². The molecular formula is C13H14F3NO. The fourth-order valence-corrected chi connectivity index (χ4v) is 1.75. The van der Waals surface area contributed by atoms with E-state index in [2.05, 4.69) is 5.32 Å². The highest BCUT2D eigenvalue weighted by Crippen LogP contribution is 2.45. The third-order valence-corrected chi connectivity index (χ3v) is 3.31. The number of carbonyl (C=O) groups excluding carboxylic acids is 1. The molecule has 1 aromatic rings. The maximum Gasteiger partial charge on any atom is 0.416 e. The Bertz CT molecular complexity index is 464. The van der Waals surface area contributed by atoms with Crippen LogP contribution < -0.4 is 5.32 Å². The Morgan fingerprint density at radius 3 is 2.50 bits per heavy atom. The Kier molecular flexibility index (Phi) is 3.09. The van der Waals surface area contributed by atoms with E-state index in [0.29, 0.717) is 0 Å². The third kappa shape index (κ3) is 2.66. The summed E-state index contributed by atoms with van der Waals surface area (Å²) in [6.07, 6.45) is -2.77. The first kappa shape index (κ1) is 12.9. The van der Waals surface area contributed by atoms with E-state index >= 15 is 0 Å². The molecule has 1 amide bonds. The van der Waals surface area contributed by atoms with Gasteiger partial charge < -0.3 is 5.32 Å². The Morgan fingerprint density at radius 1 is 1.33 bits per heavy atom. The van der Waals surface area contributed by atoms with Crippen molar-refractivity contribution in [3.05, 3.63) is 35.4 Å². The van der Waals surface area contributed by atoms with Gasteiger partial charge in [0.1, 0.15) is 0 Å². The number of hydrogen-bond donors (Lipinski definition) is 1. The Morgan fingerprint density at radius 2 is 1.94 bits per heavy atom. The fraction of sp³-hybridized carbons (Fsp3) is 0.462. The van der Waals surface area contributed by atoms with Gasteiger partial charge in [-0.15, -0.1) is 0 Å². The molecule has 0 unspecified atom stereocenters. The number of benzene rings is 1. The largest absolute Gasteiger partial charge is 0.416 e. The summed E-state index contributed by atoms with van der Waals surface area (Å²) in [6.45, 7) is 1.74. The Hall–Kier alpha value is -1.52. The van der Waals surface area contributed by atoms with Crippen LogP contribution in [0.4, 0.5) is 13.2 Å². The zero-order valence-electron chi connectivity index (χ0n) is 9.97. The first-order valence-corrected chi connectivity index (χ1v) is 5.76. The Balaban J connectivity index is 2.08. The fourth-order valence-electron chi connectivity index (χ4n) is 1.75.